The van der Waals surface area contributed by atoms with Gasteiger partial charge in [0.05, 0.1) is 6.61 Å². The summed E-state index contributed by atoms with van der Waals surface area (Å²) >= 11 is 0. The molecule has 0 aliphatic heterocycles. The molecule has 0 radical (unpaired) electrons. The molecule has 0 heterocycles. The lowest BCUT2D eigenvalue weighted by Gasteiger charge is -2.05. The van der Waals surface area contributed by atoms with E-state index in [9.17, 15) is 4.79 Å². The quantitative estimate of drug-likeness (QED) is 0.360. The van der Waals surface area contributed by atoms with E-state index in [1.807, 2.05) is 13.0 Å². The summed E-state index contributed by atoms with van der Waals surface area (Å²) in [5.41, 5.74) is 0.804. The van der Waals surface area contributed by atoms with Gasteiger partial charge in [-0.15, -0.1) is 0 Å². The molecule has 0 aromatic rings. The van der Waals surface area contributed by atoms with E-state index in [-0.39, 0.29) is 5.97 Å². The van der Waals surface area contributed by atoms with Crippen molar-refractivity contribution in [2.75, 3.05) is 6.61 Å². The van der Waals surface area contributed by atoms with Gasteiger partial charge in [-0.05, 0) is 19.8 Å². The molecule has 2 nitrogen and oxygen atoms in total. The van der Waals surface area contributed by atoms with E-state index in [2.05, 4.69) is 13.8 Å². The molecule has 0 N–H and O–H groups in total. The summed E-state index contributed by atoms with van der Waals surface area (Å²) in [6, 6.07) is 0. The molecule has 76 valence electrons. The van der Waals surface area contributed by atoms with Crippen molar-refractivity contribution in [1.29, 1.82) is 0 Å². The number of unbranched alkanes of at least 4 members (excludes halogenated alkanes) is 1. The molecule has 0 aliphatic rings. The molecule has 0 unspecified atom stereocenters. The molecule has 13 heavy (non-hydrogen) atoms. The van der Waals surface area contributed by atoms with Gasteiger partial charge in [0.15, 0.2) is 0 Å². The van der Waals surface area contributed by atoms with Crippen LogP contribution in [0.25, 0.3) is 0 Å². The Balaban J connectivity index is 3.79. The summed E-state index contributed by atoms with van der Waals surface area (Å²) in [5.74, 6) is -0.141. The highest BCUT2D eigenvalue weighted by atomic mass is 16.5. The summed E-state index contributed by atoms with van der Waals surface area (Å²) in [7, 11) is 0. The number of hydrogen-bond donors (Lipinski definition) is 0. The Morgan fingerprint density at radius 3 is 2.46 bits per heavy atom. The Morgan fingerprint density at radius 2 is 2.00 bits per heavy atom. The normalized spacial score (nSPS) is 11.5. The van der Waals surface area contributed by atoms with Crippen LogP contribution in [0.2, 0.25) is 0 Å². The minimum Gasteiger partial charge on any atom is -0.462 e. The number of carbonyl (C=O) groups excluding carboxylic acids is 1. The zero-order valence-electron chi connectivity index (χ0n) is 8.93. The third-order valence-corrected chi connectivity index (χ3v) is 1.86. The van der Waals surface area contributed by atoms with E-state index in [0.717, 1.165) is 31.3 Å². The molecule has 0 aromatic carbocycles. The first-order chi connectivity index (χ1) is 6.26. The maximum atomic E-state index is 11.3. The van der Waals surface area contributed by atoms with Crippen molar-refractivity contribution >= 4 is 5.97 Å². The van der Waals surface area contributed by atoms with Crippen LogP contribution in [0.5, 0.6) is 0 Å². The standard InChI is InChI=1S/C11H20O2/c1-4-7-9-13-11(12)10(6-3)8-5-2/h6H,4-5,7-9H2,1-3H3. The van der Waals surface area contributed by atoms with Gasteiger partial charge in [0, 0.05) is 5.57 Å². The van der Waals surface area contributed by atoms with Crippen LogP contribution in [-0.4, -0.2) is 12.6 Å². The zero-order chi connectivity index (χ0) is 10.1. The predicted octanol–water partition coefficient (Wildman–Crippen LogP) is 3.08. The molecule has 0 fully saturated rings. The monoisotopic (exact) mass is 184 g/mol. The molecule has 0 aromatic heterocycles. The van der Waals surface area contributed by atoms with Crippen LogP contribution >= 0.6 is 0 Å². The Labute approximate surface area is 81.0 Å². The van der Waals surface area contributed by atoms with Gasteiger partial charge >= 0.3 is 5.97 Å². The lowest BCUT2D eigenvalue weighted by molar-refractivity contribution is -0.139. The van der Waals surface area contributed by atoms with Crippen molar-refractivity contribution in [3.8, 4) is 0 Å². The molecule has 0 amide bonds. The minimum atomic E-state index is -0.141. The largest absolute Gasteiger partial charge is 0.462 e. The molecule has 0 spiro atoms. The molecule has 0 bridgehead atoms. The number of allylic oxidation sites excluding steroid dienone is 1. The van der Waals surface area contributed by atoms with Crippen LogP contribution in [0.15, 0.2) is 11.6 Å². The summed E-state index contributed by atoms with van der Waals surface area (Å²) in [6.07, 6.45) is 5.67. The Hall–Kier alpha value is -0.790. The second-order valence-corrected chi connectivity index (χ2v) is 3.05. The Bertz CT molecular complexity index is 171. The summed E-state index contributed by atoms with van der Waals surface area (Å²) in [5, 5.41) is 0. The number of hydrogen-bond acceptors (Lipinski definition) is 2. The first-order valence-corrected chi connectivity index (χ1v) is 5.08. The molecule has 0 aliphatic carbocycles. The van der Waals surface area contributed by atoms with Crippen molar-refractivity contribution in [1.82, 2.24) is 0 Å². The highest BCUT2D eigenvalue weighted by Crippen LogP contribution is 2.07. The van der Waals surface area contributed by atoms with Crippen LogP contribution in [0, 0.1) is 0 Å². The van der Waals surface area contributed by atoms with Crippen LogP contribution in [0.1, 0.15) is 46.5 Å². The van der Waals surface area contributed by atoms with E-state index in [1.165, 1.54) is 0 Å². The second kappa shape index (κ2) is 7.84. The third kappa shape index (κ3) is 5.45. The molecule has 0 rings (SSSR count). The van der Waals surface area contributed by atoms with Crippen LogP contribution < -0.4 is 0 Å². The van der Waals surface area contributed by atoms with Gasteiger partial charge < -0.3 is 4.74 Å². The number of esters is 1. The number of ether oxygens (including phenoxy) is 1. The highest BCUT2D eigenvalue weighted by Gasteiger charge is 2.07. The Morgan fingerprint density at radius 1 is 1.31 bits per heavy atom. The highest BCUT2D eigenvalue weighted by molar-refractivity contribution is 5.88. The van der Waals surface area contributed by atoms with Crippen molar-refractivity contribution in [2.24, 2.45) is 0 Å². The number of carbonyl (C=O) groups is 1. The van der Waals surface area contributed by atoms with Crippen molar-refractivity contribution < 1.29 is 9.53 Å². The molecule has 0 saturated carbocycles. The molecule has 0 saturated heterocycles. The van der Waals surface area contributed by atoms with E-state index in [4.69, 9.17) is 4.74 Å². The molecular weight excluding hydrogens is 164 g/mol. The third-order valence-electron chi connectivity index (χ3n) is 1.86. The van der Waals surface area contributed by atoms with E-state index < -0.39 is 0 Å². The minimum absolute atomic E-state index is 0.141. The second-order valence-electron chi connectivity index (χ2n) is 3.05. The van der Waals surface area contributed by atoms with Gasteiger partial charge in [0.2, 0.25) is 0 Å². The van der Waals surface area contributed by atoms with Gasteiger partial charge in [0.1, 0.15) is 0 Å². The van der Waals surface area contributed by atoms with Crippen molar-refractivity contribution in [2.45, 2.75) is 46.5 Å². The summed E-state index contributed by atoms with van der Waals surface area (Å²) in [6.45, 7) is 6.57. The van der Waals surface area contributed by atoms with Gasteiger partial charge in [-0.1, -0.05) is 32.8 Å². The molecular formula is C11H20O2. The lowest BCUT2D eigenvalue weighted by atomic mass is 10.1. The van der Waals surface area contributed by atoms with Gasteiger partial charge in [-0.25, -0.2) is 4.79 Å². The van der Waals surface area contributed by atoms with E-state index >= 15 is 0 Å². The maximum Gasteiger partial charge on any atom is 0.333 e. The van der Waals surface area contributed by atoms with Crippen LogP contribution in [0.3, 0.4) is 0 Å². The average molecular weight is 184 g/mol. The van der Waals surface area contributed by atoms with Gasteiger partial charge in [0.25, 0.3) is 0 Å². The van der Waals surface area contributed by atoms with Gasteiger partial charge in [-0.2, -0.15) is 0 Å². The fourth-order valence-corrected chi connectivity index (χ4v) is 1.04. The first kappa shape index (κ1) is 12.2. The summed E-state index contributed by atoms with van der Waals surface area (Å²) < 4.78 is 5.08. The summed E-state index contributed by atoms with van der Waals surface area (Å²) in [4.78, 5) is 11.3. The molecule has 0 atom stereocenters. The van der Waals surface area contributed by atoms with Crippen LogP contribution in [-0.2, 0) is 9.53 Å². The van der Waals surface area contributed by atoms with E-state index in [0.29, 0.717) is 6.61 Å². The van der Waals surface area contributed by atoms with Gasteiger partial charge in [-0.3, -0.25) is 0 Å². The smallest absolute Gasteiger partial charge is 0.333 e. The SMILES string of the molecule is CC=C(CCC)C(=O)OCCCC. The van der Waals surface area contributed by atoms with Crippen LogP contribution in [0.4, 0.5) is 0 Å². The van der Waals surface area contributed by atoms with Crippen molar-refractivity contribution in [3.05, 3.63) is 11.6 Å². The van der Waals surface area contributed by atoms with E-state index in [1.54, 1.807) is 0 Å². The first-order valence-electron chi connectivity index (χ1n) is 5.08. The van der Waals surface area contributed by atoms with Crippen molar-refractivity contribution in [3.63, 3.8) is 0 Å². The molecule has 2 heteroatoms. The topological polar surface area (TPSA) is 26.3 Å². The zero-order valence-corrected chi connectivity index (χ0v) is 8.93. The fourth-order valence-electron chi connectivity index (χ4n) is 1.04. The maximum absolute atomic E-state index is 11.3. The predicted molar refractivity (Wildman–Crippen MR) is 54.5 cm³/mol. The fraction of sp³-hybridized carbons (Fsp3) is 0.727. The lowest BCUT2D eigenvalue weighted by Crippen LogP contribution is -2.08. The Kier molecular flexibility index (Phi) is 7.36. The average Bonchev–Trinajstić information content (AvgIpc) is 2.14. The number of rotatable bonds is 6.